The van der Waals surface area contributed by atoms with E-state index in [0.717, 1.165) is 13.0 Å². The van der Waals surface area contributed by atoms with Gasteiger partial charge in [-0.2, -0.15) is 0 Å². The fourth-order valence-electron chi connectivity index (χ4n) is 2.64. The van der Waals surface area contributed by atoms with Gasteiger partial charge in [-0.1, -0.05) is 6.07 Å². The van der Waals surface area contributed by atoms with Crippen molar-refractivity contribution in [2.24, 2.45) is 0 Å². The van der Waals surface area contributed by atoms with E-state index in [1.807, 2.05) is 0 Å². The van der Waals surface area contributed by atoms with Gasteiger partial charge >= 0.3 is 11.9 Å². The number of nitrogens with zero attached hydrogens (tertiary/aromatic N) is 2. The average Bonchev–Trinajstić information content (AvgIpc) is 3.04. The summed E-state index contributed by atoms with van der Waals surface area (Å²) in [4.78, 5) is 26.8. The highest BCUT2D eigenvalue weighted by atomic mass is 16.4. The van der Waals surface area contributed by atoms with Gasteiger partial charge in [-0.3, -0.25) is 4.40 Å². The van der Waals surface area contributed by atoms with Gasteiger partial charge < -0.3 is 15.5 Å². The fraction of sp³-hybridized carbons (Fsp3) is 0.308. The number of carboxylic acids is 2. The molecule has 104 valence electrons. The summed E-state index contributed by atoms with van der Waals surface area (Å²) in [7, 11) is 0. The van der Waals surface area contributed by atoms with Crippen LogP contribution in [0.25, 0.3) is 5.52 Å². The van der Waals surface area contributed by atoms with Crippen LogP contribution in [-0.2, 0) is 0 Å². The molecule has 0 aromatic carbocycles. The number of carboxylic acid groups (broad SMARTS) is 2. The van der Waals surface area contributed by atoms with Crippen LogP contribution in [0.3, 0.4) is 0 Å². The van der Waals surface area contributed by atoms with Crippen LogP contribution in [0.1, 0.15) is 39.1 Å². The number of imidazole rings is 1. The van der Waals surface area contributed by atoms with Gasteiger partial charge in [0.15, 0.2) is 5.69 Å². The van der Waals surface area contributed by atoms with E-state index in [1.165, 1.54) is 16.5 Å². The Morgan fingerprint density at radius 3 is 2.70 bits per heavy atom. The Labute approximate surface area is 113 Å². The van der Waals surface area contributed by atoms with Crippen molar-refractivity contribution in [2.75, 3.05) is 13.1 Å². The first-order valence-electron chi connectivity index (χ1n) is 6.28. The second-order valence-corrected chi connectivity index (χ2v) is 4.75. The molecule has 7 heteroatoms. The van der Waals surface area contributed by atoms with Gasteiger partial charge in [0.1, 0.15) is 11.5 Å². The molecule has 2 aromatic heterocycles. The molecule has 3 heterocycles. The Hall–Kier alpha value is -2.41. The van der Waals surface area contributed by atoms with E-state index in [-0.39, 0.29) is 17.3 Å². The standard InChI is InChI=1S/C13H13N3O4/c17-12(18)9-3-1-2-8-10(13(19)20)15-11(16(8)9)7-4-5-14-6-7/h1-3,7,14H,4-6H2,(H,17,18)(H,19,20). The first-order valence-corrected chi connectivity index (χ1v) is 6.28. The number of nitrogens with one attached hydrogen (secondary N) is 1. The molecule has 0 bridgehead atoms. The highest BCUT2D eigenvalue weighted by Gasteiger charge is 2.27. The third kappa shape index (κ3) is 1.83. The number of fused-ring (bicyclic) bond motifs is 1. The molecule has 3 N–H and O–H groups in total. The molecule has 1 aliphatic rings. The molecule has 3 rings (SSSR count). The molecule has 1 atom stereocenters. The lowest BCUT2D eigenvalue weighted by Gasteiger charge is -2.09. The first-order chi connectivity index (χ1) is 9.59. The Morgan fingerprint density at radius 2 is 2.10 bits per heavy atom. The van der Waals surface area contributed by atoms with E-state index in [4.69, 9.17) is 0 Å². The number of pyridine rings is 1. The van der Waals surface area contributed by atoms with Crippen LogP contribution in [0.4, 0.5) is 0 Å². The minimum atomic E-state index is -1.15. The maximum absolute atomic E-state index is 11.3. The van der Waals surface area contributed by atoms with Gasteiger partial charge in [0.05, 0.1) is 5.52 Å². The van der Waals surface area contributed by atoms with E-state index in [1.54, 1.807) is 6.07 Å². The molecule has 0 aliphatic carbocycles. The van der Waals surface area contributed by atoms with E-state index in [0.29, 0.717) is 17.9 Å². The molecule has 1 fully saturated rings. The SMILES string of the molecule is O=C(O)c1nc(C2CCNC2)n2c(C(=O)O)cccc12. The van der Waals surface area contributed by atoms with Gasteiger partial charge in [0, 0.05) is 12.5 Å². The Kier molecular flexibility index (Phi) is 2.90. The molecular formula is C13H13N3O4. The van der Waals surface area contributed by atoms with Crippen LogP contribution in [-0.4, -0.2) is 44.6 Å². The second-order valence-electron chi connectivity index (χ2n) is 4.75. The predicted molar refractivity (Wildman–Crippen MR) is 69.3 cm³/mol. The van der Waals surface area contributed by atoms with Crippen molar-refractivity contribution in [3.05, 3.63) is 35.4 Å². The van der Waals surface area contributed by atoms with Gasteiger partial charge in [-0.15, -0.1) is 0 Å². The van der Waals surface area contributed by atoms with E-state index < -0.39 is 11.9 Å². The first kappa shape index (κ1) is 12.6. The number of hydrogen-bond donors (Lipinski definition) is 3. The van der Waals surface area contributed by atoms with Crippen LogP contribution >= 0.6 is 0 Å². The van der Waals surface area contributed by atoms with Crippen LogP contribution in [0.2, 0.25) is 0 Å². The minimum absolute atomic E-state index is 0.0242. The summed E-state index contributed by atoms with van der Waals surface area (Å²) in [6.45, 7) is 1.49. The molecule has 0 saturated carbocycles. The van der Waals surface area contributed by atoms with Gasteiger partial charge in [0.25, 0.3) is 0 Å². The monoisotopic (exact) mass is 275 g/mol. The summed E-state index contributed by atoms with van der Waals surface area (Å²) in [6, 6.07) is 4.56. The summed E-state index contributed by atoms with van der Waals surface area (Å²) in [6.07, 6.45) is 0.812. The number of aromatic nitrogens is 2. The molecule has 1 saturated heterocycles. The topological polar surface area (TPSA) is 104 Å². The molecule has 1 aliphatic heterocycles. The van der Waals surface area contributed by atoms with Crippen molar-refractivity contribution in [3.8, 4) is 0 Å². The van der Waals surface area contributed by atoms with E-state index >= 15 is 0 Å². The normalized spacial score (nSPS) is 18.5. The Morgan fingerprint density at radius 1 is 1.30 bits per heavy atom. The molecule has 7 nitrogen and oxygen atoms in total. The highest BCUT2D eigenvalue weighted by Crippen LogP contribution is 2.26. The van der Waals surface area contributed by atoms with Crippen LogP contribution in [0, 0.1) is 0 Å². The minimum Gasteiger partial charge on any atom is -0.477 e. The van der Waals surface area contributed by atoms with Crippen LogP contribution in [0.15, 0.2) is 18.2 Å². The zero-order valence-corrected chi connectivity index (χ0v) is 10.5. The number of hydrogen-bond acceptors (Lipinski definition) is 4. The number of aromatic carboxylic acids is 2. The third-order valence-electron chi connectivity index (χ3n) is 3.54. The smallest absolute Gasteiger partial charge is 0.356 e. The number of rotatable bonds is 3. The van der Waals surface area contributed by atoms with E-state index in [2.05, 4.69) is 10.3 Å². The second kappa shape index (κ2) is 4.61. The van der Waals surface area contributed by atoms with E-state index in [9.17, 15) is 19.8 Å². The molecule has 0 spiro atoms. The molecule has 0 amide bonds. The summed E-state index contributed by atoms with van der Waals surface area (Å²) >= 11 is 0. The Balaban J connectivity index is 2.32. The molecule has 1 unspecified atom stereocenters. The molecule has 0 radical (unpaired) electrons. The molecule has 2 aromatic rings. The third-order valence-corrected chi connectivity index (χ3v) is 3.54. The van der Waals surface area contributed by atoms with Gasteiger partial charge in [0.2, 0.25) is 0 Å². The zero-order valence-electron chi connectivity index (χ0n) is 10.5. The molecule has 20 heavy (non-hydrogen) atoms. The largest absolute Gasteiger partial charge is 0.477 e. The van der Waals surface area contributed by atoms with Gasteiger partial charge in [-0.05, 0) is 25.1 Å². The van der Waals surface area contributed by atoms with Gasteiger partial charge in [-0.25, -0.2) is 14.6 Å². The average molecular weight is 275 g/mol. The molecular weight excluding hydrogens is 262 g/mol. The Bertz CT molecular complexity index is 701. The lowest BCUT2D eigenvalue weighted by Crippen LogP contribution is -2.13. The maximum atomic E-state index is 11.3. The summed E-state index contributed by atoms with van der Waals surface area (Å²) in [5.74, 6) is -1.73. The summed E-state index contributed by atoms with van der Waals surface area (Å²) in [5.41, 5.74) is 0.249. The van der Waals surface area contributed by atoms with Crippen molar-refractivity contribution in [3.63, 3.8) is 0 Å². The van der Waals surface area contributed by atoms with Crippen molar-refractivity contribution < 1.29 is 19.8 Å². The predicted octanol–water partition coefficient (Wildman–Crippen LogP) is 0.808. The lowest BCUT2D eigenvalue weighted by atomic mass is 10.1. The van der Waals surface area contributed by atoms with Crippen LogP contribution < -0.4 is 5.32 Å². The van der Waals surface area contributed by atoms with Crippen molar-refractivity contribution in [1.29, 1.82) is 0 Å². The quantitative estimate of drug-likeness (QED) is 0.765. The van der Waals surface area contributed by atoms with Crippen molar-refractivity contribution in [2.45, 2.75) is 12.3 Å². The van der Waals surface area contributed by atoms with Crippen molar-refractivity contribution >= 4 is 17.5 Å². The zero-order chi connectivity index (χ0) is 14.3. The van der Waals surface area contributed by atoms with Crippen LogP contribution in [0.5, 0.6) is 0 Å². The lowest BCUT2D eigenvalue weighted by molar-refractivity contribution is 0.0678. The fourth-order valence-corrected chi connectivity index (χ4v) is 2.64. The summed E-state index contributed by atoms with van der Waals surface area (Å²) < 4.78 is 1.45. The summed E-state index contributed by atoms with van der Waals surface area (Å²) in [5, 5.41) is 21.7. The van der Waals surface area contributed by atoms with Crippen molar-refractivity contribution in [1.82, 2.24) is 14.7 Å². The maximum Gasteiger partial charge on any atom is 0.356 e. The highest BCUT2D eigenvalue weighted by molar-refractivity contribution is 5.95. The number of carbonyl (C=O) groups is 2.